The fourth-order valence-electron chi connectivity index (χ4n) is 3.57. The predicted molar refractivity (Wildman–Crippen MR) is 123 cm³/mol. The van der Waals surface area contributed by atoms with E-state index in [0.29, 0.717) is 18.7 Å². The Bertz CT molecular complexity index is 1150. The third-order valence-electron chi connectivity index (χ3n) is 5.15. The molecule has 0 radical (unpaired) electrons. The van der Waals surface area contributed by atoms with Crippen molar-refractivity contribution in [2.24, 2.45) is 0 Å². The van der Waals surface area contributed by atoms with E-state index in [-0.39, 0.29) is 18.9 Å². The Labute approximate surface area is 178 Å². The van der Waals surface area contributed by atoms with E-state index in [0.717, 1.165) is 27.5 Å². The fraction of sp³-hybridized carbons (Fsp3) is 0.292. The van der Waals surface area contributed by atoms with Crippen LogP contribution in [0.15, 0.2) is 60.7 Å². The summed E-state index contributed by atoms with van der Waals surface area (Å²) in [4.78, 5) is 12.4. The van der Waals surface area contributed by atoms with E-state index in [1.54, 1.807) is 0 Å². The van der Waals surface area contributed by atoms with Crippen LogP contribution in [0.25, 0.3) is 10.8 Å². The lowest BCUT2D eigenvalue weighted by atomic mass is 10.0. The number of hydrogen-bond donors (Lipinski definition) is 1. The highest BCUT2D eigenvalue weighted by Crippen LogP contribution is 2.24. The average Bonchev–Trinajstić information content (AvgIpc) is 2.71. The number of fused-ring (bicyclic) bond motifs is 1. The van der Waals surface area contributed by atoms with Gasteiger partial charge < -0.3 is 5.32 Å². The number of carbonyl (C=O) groups is 1. The zero-order chi connectivity index (χ0) is 21.7. The van der Waals surface area contributed by atoms with Gasteiger partial charge in [0.1, 0.15) is 0 Å². The highest BCUT2D eigenvalue weighted by molar-refractivity contribution is 7.92. The molecule has 0 spiro atoms. The van der Waals surface area contributed by atoms with Crippen molar-refractivity contribution in [1.29, 1.82) is 0 Å². The maximum atomic E-state index is 12.4. The molecule has 158 valence electrons. The largest absolute Gasteiger partial charge is 0.352 e. The van der Waals surface area contributed by atoms with Gasteiger partial charge in [-0.05, 0) is 53.8 Å². The van der Waals surface area contributed by atoms with Gasteiger partial charge in [-0.1, -0.05) is 54.6 Å². The molecule has 0 aromatic heterocycles. The third kappa shape index (κ3) is 5.39. The molecule has 0 aliphatic carbocycles. The zero-order valence-corrected chi connectivity index (χ0v) is 18.5. The second-order valence-electron chi connectivity index (χ2n) is 7.64. The Kier molecular flexibility index (Phi) is 6.77. The van der Waals surface area contributed by atoms with E-state index >= 15 is 0 Å². The van der Waals surface area contributed by atoms with Crippen molar-refractivity contribution < 1.29 is 13.2 Å². The number of nitrogens with one attached hydrogen (secondary N) is 1. The number of amides is 1. The van der Waals surface area contributed by atoms with Gasteiger partial charge in [0, 0.05) is 19.5 Å². The molecule has 0 saturated heterocycles. The molecule has 3 aromatic carbocycles. The van der Waals surface area contributed by atoms with Crippen LogP contribution in [0.4, 0.5) is 5.69 Å². The van der Waals surface area contributed by atoms with Crippen molar-refractivity contribution >= 4 is 32.4 Å². The second-order valence-corrected chi connectivity index (χ2v) is 9.55. The number of sulfonamides is 1. The van der Waals surface area contributed by atoms with E-state index in [1.165, 1.54) is 10.6 Å². The first-order chi connectivity index (χ1) is 14.3. The Hall–Kier alpha value is -2.86. The number of hydrogen-bond acceptors (Lipinski definition) is 3. The molecule has 1 amide bonds. The topological polar surface area (TPSA) is 66.5 Å². The lowest BCUT2D eigenvalue weighted by Crippen LogP contribution is -2.32. The van der Waals surface area contributed by atoms with Crippen LogP contribution >= 0.6 is 0 Å². The van der Waals surface area contributed by atoms with Crippen molar-refractivity contribution in [2.45, 2.75) is 33.2 Å². The van der Waals surface area contributed by atoms with E-state index in [2.05, 4.69) is 5.32 Å². The summed E-state index contributed by atoms with van der Waals surface area (Å²) in [5.74, 6) is -0.0858. The number of benzene rings is 3. The minimum absolute atomic E-state index is 0.0858. The molecule has 0 aliphatic heterocycles. The van der Waals surface area contributed by atoms with Gasteiger partial charge in [-0.2, -0.15) is 0 Å². The highest BCUT2D eigenvalue weighted by Gasteiger charge is 2.19. The summed E-state index contributed by atoms with van der Waals surface area (Å²) in [6.07, 6.45) is 1.92. The number of carbonyl (C=O) groups excluding carboxylic acids is 1. The first kappa shape index (κ1) is 21.8. The second kappa shape index (κ2) is 9.30. The minimum atomic E-state index is -3.43. The summed E-state index contributed by atoms with van der Waals surface area (Å²) in [7, 11) is -3.43. The maximum Gasteiger partial charge on any atom is 0.232 e. The molecule has 0 saturated carbocycles. The minimum Gasteiger partial charge on any atom is -0.352 e. The van der Waals surface area contributed by atoms with Gasteiger partial charge in [0.15, 0.2) is 0 Å². The molecule has 5 nitrogen and oxygen atoms in total. The predicted octanol–water partition coefficient (Wildman–Crippen LogP) is 4.32. The van der Waals surface area contributed by atoms with E-state index in [1.807, 2.05) is 74.5 Å². The van der Waals surface area contributed by atoms with Gasteiger partial charge in [-0.25, -0.2) is 8.42 Å². The monoisotopic (exact) mass is 424 g/mol. The first-order valence-electron chi connectivity index (χ1n) is 10.0. The van der Waals surface area contributed by atoms with E-state index in [9.17, 15) is 13.2 Å². The maximum absolute atomic E-state index is 12.4. The van der Waals surface area contributed by atoms with Crippen LogP contribution in [0.3, 0.4) is 0 Å². The van der Waals surface area contributed by atoms with Crippen molar-refractivity contribution in [1.82, 2.24) is 5.32 Å². The molecule has 30 heavy (non-hydrogen) atoms. The van der Waals surface area contributed by atoms with Crippen molar-refractivity contribution in [3.63, 3.8) is 0 Å². The summed E-state index contributed by atoms with van der Waals surface area (Å²) >= 11 is 0. The van der Waals surface area contributed by atoms with E-state index < -0.39 is 10.0 Å². The molecule has 0 fully saturated rings. The highest BCUT2D eigenvalue weighted by atomic mass is 32.2. The number of nitrogens with zero attached hydrogens (tertiary/aromatic N) is 1. The van der Waals surface area contributed by atoms with Gasteiger partial charge in [0.05, 0.1) is 11.9 Å². The fourth-order valence-corrected chi connectivity index (χ4v) is 4.58. The van der Waals surface area contributed by atoms with Crippen LogP contribution < -0.4 is 9.62 Å². The standard InChI is InChI=1S/C24H28N2O3S/c1-18-13-14-19(2)23(16-18)26(30(3,28)29)15-7-12-24(27)25-17-21-10-6-9-20-8-4-5-11-22(20)21/h4-6,8-11,13-14,16H,7,12,15,17H2,1-3H3,(H,25,27). The molecule has 0 atom stereocenters. The van der Waals surface area contributed by atoms with Crippen LogP contribution in [0.5, 0.6) is 0 Å². The normalized spacial score (nSPS) is 11.4. The SMILES string of the molecule is Cc1ccc(C)c(N(CCCC(=O)NCc2cccc3ccccc23)S(C)(=O)=O)c1. The Morgan fingerprint density at radius 3 is 2.50 bits per heavy atom. The van der Waals surface area contributed by atoms with Crippen molar-refractivity contribution in [3.8, 4) is 0 Å². The number of rotatable bonds is 8. The van der Waals surface area contributed by atoms with Crippen LogP contribution in [0, 0.1) is 13.8 Å². The van der Waals surface area contributed by atoms with Gasteiger partial charge in [-0.3, -0.25) is 9.10 Å². The molecule has 0 unspecified atom stereocenters. The lowest BCUT2D eigenvalue weighted by molar-refractivity contribution is -0.121. The van der Waals surface area contributed by atoms with Crippen LogP contribution in [0.2, 0.25) is 0 Å². The number of aryl methyl sites for hydroxylation is 2. The lowest BCUT2D eigenvalue weighted by Gasteiger charge is -2.24. The molecule has 3 rings (SSSR count). The molecular weight excluding hydrogens is 396 g/mol. The molecule has 6 heteroatoms. The average molecular weight is 425 g/mol. The summed E-state index contributed by atoms with van der Waals surface area (Å²) in [6.45, 7) is 4.55. The van der Waals surface area contributed by atoms with Gasteiger partial charge in [0.25, 0.3) is 0 Å². The molecule has 0 heterocycles. The quantitative estimate of drug-likeness (QED) is 0.586. The first-order valence-corrected chi connectivity index (χ1v) is 11.9. The summed E-state index contributed by atoms with van der Waals surface area (Å²) in [6, 6.07) is 19.9. The van der Waals surface area contributed by atoms with Gasteiger partial charge in [-0.15, -0.1) is 0 Å². The number of anilines is 1. The van der Waals surface area contributed by atoms with Gasteiger partial charge >= 0.3 is 0 Å². The smallest absolute Gasteiger partial charge is 0.232 e. The Balaban J connectivity index is 1.60. The van der Waals surface area contributed by atoms with E-state index in [4.69, 9.17) is 0 Å². The van der Waals surface area contributed by atoms with Crippen LogP contribution in [0.1, 0.15) is 29.5 Å². The summed E-state index contributed by atoms with van der Waals surface area (Å²) in [5.41, 5.74) is 3.63. The summed E-state index contributed by atoms with van der Waals surface area (Å²) < 4.78 is 26.1. The zero-order valence-electron chi connectivity index (χ0n) is 17.7. The summed E-state index contributed by atoms with van der Waals surface area (Å²) in [5, 5.41) is 5.22. The molecular formula is C24H28N2O3S. The molecule has 0 aliphatic rings. The van der Waals surface area contributed by atoms with Crippen LogP contribution in [-0.2, 0) is 21.4 Å². The van der Waals surface area contributed by atoms with Crippen molar-refractivity contribution in [3.05, 3.63) is 77.4 Å². The Morgan fingerprint density at radius 2 is 1.73 bits per heavy atom. The molecule has 1 N–H and O–H groups in total. The van der Waals surface area contributed by atoms with Crippen molar-refractivity contribution in [2.75, 3.05) is 17.1 Å². The molecule has 3 aromatic rings. The third-order valence-corrected chi connectivity index (χ3v) is 6.33. The molecule has 0 bridgehead atoms. The van der Waals surface area contributed by atoms with Gasteiger partial charge in [0.2, 0.25) is 15.9 Å². The Morgan fingerprint density at radius 1 is 1.00 bits per heavy atom. The van der Waals surface area contributed by atoms with Crippen LogP contribution in [-0.4, -0.2) is 27.1 Å².